The van der Waals surface area contributed by atoms with Crippen LogP contribution in [0.5, 0.6) is 0 Å². The quantitative estimate of drug-likeness (QED) is 0.353. The van der Waals surface area contributed by atoms with Gasteiger partial charge in [-0.2, -0.15) is 0 Å². The third kappa shape index (κ3) is 3.71. The molecule has 1 aliphatic heterocycles. The fourth-order valence-electron chi connectivity index (χ4n) is 5.23. The van der Waals surface area contributed by atoms with E-state index in [0.717, 1.165) is 53.6 Å². The number of anilines is 1. The SMILES string of the molecule is Cc1cccc2[nH]c3c(N4CCN([C@@H](c5ccccc5)c5ccc(Cl)cc5)CC4)ncnc3c12. The van der Waals surface area contributed by atoms with Crippen molar-refractivity contribution in [1.82, 2.24) is 19.9 Å². The molecular weight excluding hydrogens is 442 g/mol. The molecule has 0 unspecified atom stereocenters. The second kappa shape index (κ2) is 8.75. The van der Waals surface area contributed by atoms with Crippen molar-refractivity contribution < 1.29 is 0 Å². The number of piperazine rings is 1. The van der Waals surface area contributed by atoms with Gasteiger partial charge in [-0.1, -0.05) is 66.2 Å². The highest BCUT2D eigenvalue weighted by atomic mass is 35.5. The molecule has 1 saturated heterocycles. The summed E-state index contributed by atoms with van der Waals surface area (Å²) in [6.45, 7) is 5.81. The Morgan fingerprint density at radius 2 is 1.56 bits per heavy atom. The van der Waals surface area contributed by atoms with E-state index in [1.165, 1.54) is 22.1 Å². The van der Waals surface area contributed by atoms with Gasteiger partial charge in [0.05, 0.1) is 6.04 Å². The Hall–Kier alpha value is -3.41. The summed E-state index contributed by atoms with van der Waals surface area (Å²) in [5, 5.41) is 1.95. The van der Waals surface area contributed by atoms with Gasteiger partial charge >= 0.3 is 0 Å². The summed E-state index contributed by atoms with van der Waals surface area (Å²) in [4.78, 5) is 17.9. The molecule has 0 radical (unpaired) electrons. The third-order valence-electron chi connectivity index (χ3n) is 6.88. The summed E-state index contributed by atoms with van der Waals surface area (Å²) in [7, 11) is 0. The molecule has 0 aliphatic carbocycles. The lowest BCUT2D eigenvalue weighted by Crippen LogP contribution is -2.48. The number of nitrogens with zero attached hydrogens (tertiary/aromatic N) is 4. The second-order valence-corrected chi connectivity index (χ2v) is 9.37. The Morgan fingerprint density at radius 1 is 0.824 bits per heavy atom. The Kier molecular flexibility index (Phi) is 5.44. The number of aromatic nitrogens is 3. The summed E-state index contributed by atoms with van der Waals surface area (Å²) in [6.07, 6.45) is 1.70. The van der Waals surface area contributed by atoms with Gasteiger partial charge in [-0.15, -0.1) is 0 Å². The molecule has 3 heterocycles. The molecule has 2 aromatic heterocycles. The van der Waals surface area contributed by atoms with Gasteiger partial charge in [0, 0.05) is 42.1 Å². The van der Waals surface area contributed by atoms with Crippen LogP contribution in [0.1, 0.15) is 22.7 Å². The number of benzene rings is 3. The van der Waals surface area contributed by atoms with Crippen molar-refractivity contribution in [2.75, 3.05) is 31.1 Å². The van der Waals surface area contributed by atoms with E-state index in [2.05, 4.69) is 87.4 Å². The Morgan fingerprint density at radius 3 is 2.32 bits per heavy atom. The zero-order valence-electron chi connectivity index (χ0n) is 19.1. The van der Waals surface area contributed by atoms with E-state index < -0.39 is 0 Å². The summed E-state index contributed by atoms with van der Waals surface area (Å²) in [5.41, 5.74) is 6.93. The minimum atomic E-state index is 0.196. The van der Waals surface area contributed by atoms with Gasteiger partial charge in [-0.25, -0.2) is 9.97 Å². The van der Waals surface area contributed by atoms with E-state index >= 15 is 0 Å². The van der Waals surface area contributed by atoms with Gasteiger partial charge in [-0.05, 0) is 41.8 Å². The number of hydrogen-bond donors (Lipinski definition) is 1. The molecule has 0 saturated carbocycles. The van der Waals surface area contributed by atoms with E-state index in [9.17, 15) is 0 Å². The molecule has 0 amide bonds. The van der Waals surface area contributed by atoms with Gasteiger partial charge in [0.2, 0.25) is 0 Å². The molecule has 5 nitrogen and oxygen atoms in total. The molecule has 1 aliphatic rings. The first-order valence-electron chi connectivity index (χ1n) is 11.7. The summed E-state index contributed by atoms with van der Waals surface area (Å²) >= 11 is 6.19. The molecule has 34 heavy (non-hydrogen) atoms. The fraction of sp³-hybridized carbons (Fsp3) is 0.214. The van der Waals surface area contributed by atoms with Crippen LogP contribution in [-0.2, 0) is 0 Å². The van der Waals surface area contributed by atoms with Crippen molar-refractivity contribution in [3.05, 3.63) is 101 Å². The first-order valence-corrected chi connectivity index (χ1v) is 12.1. The molecule has 1 atom stereocenters. The number of aryl methyl sites for hydroxylation is 1. The Balaban J connectivity index is 1.31. The van der Waals surface area contributed by atoms with E-state index in [0.29, 0.717) is 0 Å². The third-order valence-corrected chi connectivity index (χ3v) is 7.13. The monoisotopic (exact) mass is 467 g/mol. The standard InChI is InChI=1S/C28H26ClN5/c1-19-6-5-9-23-24(19)25-26(32-23)28(31-18-30-25)34-16-14-33(15-17-34)27(20-7-3-2-4-8-20)21-10-12-22(29)13-11-21/h2-13,18,27,32H,14-17H2,1H3/t27-/m0/s1. The number of hydrogen-bond acceptors (Lipinski definition) is 4. The maximum absolute atomic E-state index is 6.19. The minimum Gasteiger partial charge on any atom is -0.352 e. The van der Waals surface area contributed by atoms with Gasteiger partial charge < -0.3 is 9.88 Å². The highest BCUT2D eigenvalue weighted by Crippen LogP contribution is 2.34. The maximum Gasteiger partial charge on any atom is 0.156 e. The first kappa shape index (κ1) is 21.1. The molecule has 1 fully saturated rings. The van der Waals surface area contributed by atoms with E-state index in [-0.39, 0.29) is 6.04 Å². The van der Waals surface area contributed by atoms with Crippen LogP contribution in [0.25, 0.3) is 21.9 Å². The minimum absolute atomic E-state index is 0.196. The molecule has 6 heteroatoms. The van der Waals surface area contributed by atoms with Crippen LogP contribution in [0.2, 0.25) is 5.02 Å². The van der Waals surface area contributed by atoms with E-state index in [4.69, 9.17) is 16.6 Å². The van der Waals surface area contributed by atoms with E-state index in [1.807, 2.05) is 12.1 Å². The predicted octanol–water partition coefficient (Wildman–Crippen LogP) is 5.98. The van der Waals surface area contributed by atoms with Gasteiger partial charge in [-0.3, -0.25) is 4.90 Å². The van der Waals surface area contributed by atoms with Crippen LogP contribution in [0.3, 0.4) is 0 Å². The number of H-pyrrole nitrogens is 1. The van der Waals surface area contributed by atoms with Crippen molar-refractivity contribution in [2.24, 2.45) is 0 Å². The van der Waals surface area contributed by atoms with Crippen LogP contribution in [-0.4, -0.2) is 46.0 Å². The topological polar surface area (TPSA) is 48.1 Å². The van der Waals surface area contributed by atoms with Gasteiger partial charge in [0.25, 0.3) is 0 Å². The molecule has 0 spiro atoms. The van der Waals surface area contributed by atoms with Gasteiger partial charge in [0.15, 0.2) is 5.82 Å². The lowest BCUT2D eigenvalue weighted by Gasteiger charge is -2.40. The van der Waals surface area contributed by atoms with Crippen molar-refractivity contribution in [2.45, 2.75) is 13.0 Å². The lowest BCUT2D eigenvalue weighted by atomic mass is 9.96. The molecule has 0 bridgehead atoms. The average molecular weight is 468 g/mol. The molecule has 3 aromatic carbocycles. The van der Waals surface area contributed by atoms with Crippen molar-refractivity contribution in [1.29, 1.82) is 0 Å². The number of aromatic amines is 1. The van der Waals surface area contributed by atoms with Crippen LogP contribution in [0.15, 0.2) is 79.1 Å². The second-order valence-electron chi connectivity index (χ2n) is 8.93. The number of rotatable bonds is 4. The van der Waals surface area contributed by atoms with Crippen molar-refractivity contribution >= 4 is 39.4 Å². The van der Waals surface area contributed by atoms with Crippen LogP contribution >= 0.6 is 11.6 Å². The lowest BCUT2D eigenvalue weighted by molar-refractivity contribution is 0.212. The molecule has 5 aromatic rings. The number of nitrogens with one attached hydrogen (secondary N) is 1. The van der Waals surface area contributed by atoms with Crippen molar-refractivity contribution in [3.63, 3.8) is 0 Å². The predicted molar refractivity (Wildman–Crippen MR) is 140 cm³/mol. The zero-order chi connectivity index (χ0) is 23.1. The first-order chi connectivity index (χ1) is 16.7. The maximum atomic E-state index is 6.19. The molecule has 1 N–H and O–H groups in total. The Labute approximate surface area is 204 Å². The molecular formula is C28H26ClN5. The fourth-order valence-corrected chi connectivity index (χ4v) is 5.35. The van der Waals surface area contributed by atoms with E-state index in [1.54, 1.807) is 6.33 Å². The summed E-state index contributed by atoms with van der Waals surface area (Å²) < 4.78 is 0. The molecule has 170 valence electrons. The zero-order valence-corrected chi connectivity index (χ0v) is 19.8. The Bertz CT molecular complexity index is 1440. The van der Waals surface area contributed by atoms with Crippen LogP contribution in [0, 0.1) is 6.92 Å². The molecule has 6 rings (SSSR count). The van der Waals surface area contributed by atoms with Gasteiger partial charge in [0.1, 0.15) is 17.4 Å². The average Bonchev–Trinajstić information content (AvgIpc) is 3.27. The number of halogens is 1. The largest absolute Gasteiger partial charge is 0.352 e. The summed E-state index contributed by atoms with van der Waals surface area (Å²) in [6, 6.07) is 25.5. The number of fused-ring (bicyclic) bond motifs is 3. The smallest absolute Gasteiger partial charge is 0.156 e. The van der Waals surface area contributed by atoms with Crippen LogP contribution < -0.4 is 4.90 Å². The summed E-state index contributed by atoms with van der Waals surface area (Å²) in [5.74, 6) is 0.989. The normalized spacial score (nSPS) is 15.8. The highest BCUT2D eigenvalue weighted by molar-refractivity contribution is 6.30. The highest BCUT2D eigenvalue weighted by Gasteiger charge is 2.28. The van der Waals surface area contributed by atoms with Crippen LogP contribution in [0.4, 0.5) is 5.82 Å². The van der Waals surface area contributed by atoms with Crippen molar-refractivity contribution in [3.8, 4) is 0 Å².